The standard InChI is InChI=1S/C50H100O2/c1-3-5-7-9-11-13-15-17-18-19-20-21-22-23-24-25-26-27-28-29-30-31-32-33-34-35-36-38-40-42-44-46-48-50(51)52-49-47-45-43-41-39-37-16-14-12-10-8-6-4-2/h3-49H2,1-2H3. The van der Waals surface area contributed by atoms with Crippen LogP contribution in [0.4, 0.5) is 0 Å². The molecule has 0 aliphatic heterocycles. The van der Waals surface area contributed by atoms with E-state index in [0.29, 0.717) is 13.0 Å². The van der Waals surface area contributed by atoms with Crippen molar-refractivity contribution in [2.45, 2.75) is 309 Å². The highest BCUT2D eigenvalue weighted by molar-refractivity contribution is 5.69. The summed E-state index contributed by atoms with van der Waals surface area (Å²) in [7, 11) is 0. The second kappa shape index (κ2) is 48.5. The van der Waals surface area contributed by atoms with Crippen molar-refractivity contribution in [3.8, 4) is 0 Å². The maximum Gasteiger partial charge on any atom is 0.305 e. The van der Waals surface area contributed by atoms with Gasteiger partial charge in [0.05, 0.1) is 6.61 Å². The lowest BCUT2D eigenvalue weighted by atomic mass is 10.0. The summed E-state index contributed by atoms with van der Waals surface area (Å²) >= 11 is 0. The minimum Gasteiger partial charge on any atom is -0.466 e. The van der Waals surface area contributed by atoms with E-state index in [1.807, 2.05) is 0 Å². The zero-order valence-electron chi connectivity index (χ0n) is 36.6. The Kier molecular flexibility index (Phi) is 48.0. The van der Waals surface area contributed by atoms with Gasteiger partial charge in [0.1, 0.15) is 0 Å². The molecule has 0 bridgehead atoms. The van der Waals surface area contributed by atoms with Crippen LogP contribution in [0.2, 0.25) is 0 Å². The first kappa shape index (κ1) is 51.5. The molecule has 0 N–H and O–H groups in total. The Morgan fingerprint density at radius 1 is 0.250 bits per heavy atom. The molecule has 0 unspecified atom stereocenters. The zero-order chi connectivity index (χ0) is 37.5. The van der Waals surface area contributed by atoms with Gasteiger partial charge in [-0.3, -0.25) is 4.79 Å². The van der Waals surface area contributed by atoms with Crippen LogP contribution in [-0.2, 0) is 9.53 Å². The molecule has 0 spiro atoms. The van der Waals surface area contributed by atoms with E-state index >= 15 is 0 Å². The lowest BCUT2D eigenvalue weighted by Gasteiger charge is -2.06. The molecule has 0 aromatic rings. The number of carbonyl (C=O) groups is 1. The molecule has 2 nitrogen and oxygen atoms in total. The van der Waals surface area contributed by atoms with Crippen LogP contribution >= 0.6 is 0 Å². The maximum absolute atomic E-state index is 12.0. The van der Waals surface area contributed by atoms with E-state index in [0.717, 1.165) is 12.8 Å². The summed E-state index contributed by atoms with van der Waals surface area (Å²) in [4.78, 5) is 12.0. The van der Waals surface area contributed by atoms with Gasteiger partial charge in [-0.05, 0) is 12.8 Å². The third-order valence-electron chi connectivity index (χ3n) is 11.7. The Bertz CT molecular complexity index is 630. The Morgan fingerprint density at radius 2 is 0.423 bits per heavy atom. The minimum atomic E-state index is 0.0320. The maximum atomic E-state index is 12.0. The predicted octanol–water partition coefficient (Wildman–Crippen LogP) is 18.5. The van der Waals surface area contributed by atoms with Gasteiger partial charge in [0.2, 0.25) is 0 Å². The van der Waals surface area contributed by atoms with Crippen molar-refractivity contribution in [3.05, 3.63) is 0 Å². The van der Waals surface area contributed by atoms with Crippen molar-refractivity contribution in [2.75, 3.05) is 6.61 Å². The molecule has 52 heavy (non-hydrogen) atoms. The molecule has 312 valence electrons. The molecule has 0 aliphatic carbocycles. The first-order chi connectivity index (χ1) is 25.8. The number of ether oxygens (including phenoxy) is 1. The molecule has 0 amide bonds. The van der Waals surface area contributed by atoms with Gasteiger partial charge in [0, 0.05) is 6.42 Å². The van der Waals surface area contributed by atoms with E-state index in [4.69, 9.17) is 4.74 Å². The van der Waals surface area contributed by atoms with Crippen LogP contribution in [0.25, 0.3) is 0 Å². The van der Waals surface area contributed by atoms with E-state index in [-0.39, 0.29) is 5.97 Å². The van der Waals surface area contributed by atoms with E-state index < -0.39 is 0 Å². The summed E-state index contributed by atoms with van der Waals surface area (Å²) in [6.45, 7) is 5.23. The molecule has 0 radical (unpaired) electrons. The molecular formula is C50H100O2. The van der Waals surface area contributed by atoms with Crippen molar-refractivity contribution >= 4 is 5.97 Å². The first-order valence-electron chi connectivity index (χ1n) is 25.0. The van der Waals surface area contributed by atoms with E-state index in [2.05, 4.69) is 13.8 Å². The molecule has 0 aromatic carbocycles. The highest BCUT2D eigenvalue weighted by Crippen LogP contribution is 2.18. The Morgan fingerprint density at radius 3 is 0.635 bits per heavy atom. The summed E-state index contributed by atoms with van der Waals surface area (Å²) < 4.78 is 5.47. The van der Waals surface area contributed by atoms with Gasteiger partial charge in [0.15, 0.2) is 0 Å². The van der Waals surface area contributed by atoms with Crippen LogP contribution in [0.3, 0.4) is 0 Å². The Balaban J connectivity index is 3.12. The molecule has 0 saturated carbocycles. The number of hydrogen-bond acceptors (Lipinski definition) is 2. The number of unbranched alkanes of at least 4 members (excludes halogenated alkanes) is 43. The van der Waals surface area contributed by atoms with Crippen molar-refractivity contribution in [3.63, 3.8) is 0 Å². The summed E-state index contributed by atoms with van der Waals surface area (Å²) in [5.74, 6) is 0.0320. The summed E-state index contributed by atoms with van der Waals surface area (Å²) in [5.41, 5.74) is 0. The summed E-state index contributed by atoms with van der Waals surface area (Å²) in [6, 6.07) is 0. The average molecular weight is 733 g/mol. The quantitative estimate of drug-likeness (QED) is 0.0460. The SMILES string of the molecule is CCCCCCCCCCCCCCCCCCCCCCCCCCCCCCCCCCC(=O)OCCCCCCCCCCCCCCC. The van der Waals surface area contributed by atoms with Crippen molar-refractivity contribution in [1.82, 2.24) is 0 Å². The number of esters is 1. The second-order valence-electron chi connectivity index (χ2n) is 17.2. The van der Waals surface area contributed by atoms with Gasteiger partial charge in [-0.25, -0.2) is 0 Å². The topological polar surface area (TPSA) is 26.3 Å². The average Bonchev–Trinajstić information content (AvgIpc) is 3.15. The predicted molar refractivity (Wildman–Crippen MR) is 235 cm³/mol. The van der Waals surface area contributed by atoms with Crippen LogP contribution in [-0.4, -0.2) is 12.6 Å². The van der Waals surface area contributed by atoms with Gasteiger partial charge >= 0.3 is 5.97 Å². The Labute approximate surface area is 330 Å². The second-order valence-corrected chi connectivity index (χ2v) is 17.2. The lowest BCUT2D eigenvalue weighted by Crippen LogP contribution is -2.05. The van der Waals surface area contributed by atoms with Gasteiger partial charge in [-0.1, -0.05) is 290 Å². The minimum absolute atomic E-state index is 0.0320. The number of rotatable bonds is 47. The zero-order valence-corrected chi connectivity index (χ0v) is 36.6. The first-order valence-corrected chi connectivity index (χ1v) is 25.0. The van der Waals surface area contributed by atoms with Crippen LogP contribution in [0.15, 0.2) is 0 Å². The van der Waals surface area contributed by atoms with E-state index in [1.54, 1.807) is 0 Å². The van der Waals surface area contributed by atoms with E-state index in [9.17, 15) is 4.79 Å². The Hall–Kier alpha value is -0.530. The van der Waals surface area contributed by atoms with Crippen LogP contribution < -0.4 is 0 Å². The molecular weight excluding hydrogens is 633 g/mol. The van der Waals surface area contributed by atoms with Gasteiger partial charge in [-0.2, -0.15) is 0 Å². The van der Waals surface area contributed by atoms with Crippen molar-refractivity contribution in [2.24, 2.45) is 0 Å². The normalized spacial score (nSPS) is 11.5. The third kappa shape index (κ3) is 47.5. The summed E-state index contributed by atoms with van der Waals surface area (Å²) in [6.07, 6.45) is 63.9. The van der Waals surface area contributed by atoms with Gasteiger partial charge in [0.25, 0.3) is 0 Å². The molecule has 0 heterocycles. The highest BCUT2D eigenvalue weighted by Gasteiger charge is 2.03. The highest BCUT2D eigenvalue weighted by atomic mass is 16.5. The summed E-state index contributed by atoms with van der Waals surface area (Å²) in [5, 5.41) is 0. The molecule has 0 rings (SSSR count). The van der Waals surface area contributed by atoms with Crippen molar-refractivity contribution < 1.29 is 9.53 Å². The fraction of sp³-hybridized carbons (Fsp3) is 0.980. The van der Waals surface area contributed by atoms with Gasteiger partial charge < -0.3 is 4.74 Å². The molecule has 0 aliphatic rings. The smallest absolute Gasteiger partial charge is 0.305 e. The molecule has 0 aromatic heterocycles. The lowest BCUT2D eigenvalue weighted by molar-refractivity contribution is -0.143. The molecule has 0 atom stereocenters. The third-order valence-corrected chi connectivity index (χ3v) is 11.7. The molecule has 0 fully saturated rings. The number of hydrogen-bond donors (Lipinski definition) is 0. The van der Waals surface area contributed by atoms with Crippen LogP contribution in [0, 0.1) is 0 Å². The van der Waals surface area contributed by atoms with Crippen LogP contribution in [0.5, 0.6) is 0 Å². The molecule has 2 heteroatoms. The molecule has 0 saturated heterocycles. The van der Waals surface area contributed by atoms with Gasteiger partial charge in [-0.15, -0.1) is 0 Å². The van der Waals surface area contributed by atoms with Crippen LogP contribution in [0.1, 0.15) is 309 Å². The fourth-order valence-electron chi connectivity index (χ4n) is 8.02. The van der Waals surface area contributed by atoms with E-state index in [1.165, 1.54) is 276 Å². The monoisotopic (exact) mass is 733 g/mol. The largest absolute Gasteiger partial charge is 0.466 e. The number of carbonyl (C=O) groups excluding carboxylic acids is 1. The fourth-order valence-corrected chi connectivity index (χ4v) is 8.02. The van der Waals surface area contributed by atoms with Crippen molar-refractivity contribution in [1.29, 1.82) is 0 Å².